The highest BCUT2D eigenvalue weighted by Crippen LogP contribution is 2.56. The van der Waals surface area contributed by atoms with Crippen LogP contribution in [-0.4, -0.2) is 26.4 Å². The van der Waals surface area contributed by atoms with Crippen LogP contribution in [0.15, 0.2) is 24.4 Å². The van der Waals surface area contributed by atoms with Gasteiger partial charge in [0, 0.05) is 36.5 Å². The van der Waals surface area contributed by atoms with Crippen LogP contribution in [-0.2, 0) is 11.8 Å². The Morgan fingerprint density at radius 3 is 2.89 bits per heavy atom. The molecule has 2 aliphatic rings. The Morgan fingerprint density at radius 1 is 1.42 bits per heavy atom. The monoisotopic (exact) mass is 255 g/mol. The molecule has 0 bridgehead atoms. The molecule has 0 aromatic heterocycles. The molecule has 3 N–H and O–H groups in total. The smallest absolute Gasteiger partial charge is 0.0270 e. The molecule has 0 radical (unpaired) electrons. The molecule has 3 rings (SSSR count). The Morgan fingerprint density at radius 2 is 2.26 bits per heavy atom. The lowest BCUT2D eigenvalue weighted by Gasteiger charge is -2.13. The number of allylic oxidation sites excluding steroid dienone is 1. The van der Waals surface area contributed by atoms with E-state index in [9.17, 15) is 0 Å². The number of hydrogen-bond acceptors (Lipinski definition) is 3. The summed E-state index contributed by atoms with van der Waals surface area (Å²) in [6, 6.07) is 7.33. The highest BCUT2D eigenvalue weighted by Gasteiger charge is 2.57. The van der Waals surface area contributed by atoms with E-state index in [1.54, 1.807) is 0 Å². The molecule has 0 amide bonds. The Kier molecular flexibility index (Phi) is 2.94. The molecule has 1 spiro atoms. The third-order valence-electron chi connectivity index (χ3n) is 4.70. The second-order valence-corrected chi connectivity index (χ2v) is 5.61. The minimum Gasteiger partial charge on any atom is -0.393 e. The minimum absolute atomic E-state index is 0.382. The van der Waals surface area contributed by atoms with E-state index in [1.807, 2.05) is 13.2 Å². The molecule has 3 nitrogen and oxygen atoms in total. The molecule has 1 saturated carbocycles. The van der Waals surface area contributed by atoms with Crippen LogP contribution in [0.1, 0.15) is 29.5 Å². The van der Waals surface area contributed by atoms with Crippen LogP contribution in [0.5, 0.6) is 0 Å². The van der Waals surface area contributed by atoms with E-state index in [0.29, 0.717) is 11.5 Å². The zero-order chi connectivity index (χ0) is 13.5. The zero-order valence-corrected chi connectivity index (χ0v) is 11.6. The van der Waals surface area contributed by atoms with Gasteiger partial charge < -0.3 is 16.0 Å². The Hall–Kier alpha value is -1.61. The maximum absolute atomic E-state index is 7.54. The largest absolute Gasteiger partial charge is 0.393 e. The van der Waals surface area contributed by atoms with Gasteiger partial charge in [-0.3, -0.25) is 0 Å². The summed E-state index contributed by atoms with van der Waals surface area (Å²) in [5.74, 6) is 0. The standard InChI is InChI=1S/C16H21N3/c1-18-10-13(9-17)12-4-3-11-5-6-16(14(11)7-12)8-15(16)19-2/h3-4,7,9-10,15,17-19H,5-6,8H2,1-2H3/b13-10+,17-9?. The van der Waals surface area contributed by atoms with Gasteiger partial charge in [0.05, 0.1) is 0 Å². The molecule has 3 heteroatoms. The summed E-state index contributed by atoms with van der Waals surface area (Å²) < 4.78 is 0. The van der Waals surface area contributed by atoms with E-state index in [4.69, 9.17) is 5.41 Å². The van der Waals surface area contributed by atoms with Crippen LogP contribution in [0.4, 0.5) is 0 Å². The molecule has 1 fully saturated rings. The van der Waals surface area contributed by atoms with Gasteiger partial charge >= 0.3 is 0 Å². The van der Waals surface area contributed by atoms with Crippen LogP contribution >= 0.6 is 0 Å². The lowest BCUT2D eigenvalue weighted by atomic mass is 9.94. The van der Waals surface area contributed by atoms with Crippen molar-refractivity contribution in [3.8, 4) is 0 Å². The van der Waals surface area contributed by atoms with Crippen molar-refractivity contribution in [2.24, 2.45) is 0 Å². The molecular formula is C16H21N3. The molecule has 1 aromatic carbocycles. The Labute approximate surface area is 114 Å². The molecule has 1 aromatic rings. The van der Waals surface area contributed by atoms with Gasteiger partial charge in [-0.15, -0.1) is 0 Å². The van der Waals surface area contributed by atoms with Crippen LogP contribution in [0, 0.1) is 5.41 Å². The predicted molar refractivity (Wildman–Crippen MR) is 79.7 cm³/mol. The maximum Gasteiger partial charge on any atom is 0.0270 e. The first-order valence-electron chi connectivity index (χ1n) is 6.94. The highest BCUT2D eigenvalue weighted by atomic mass is 15.0. The van der Waals surface area contributed by atoms with Crippen molar-refractivity contribution >= 4 is 11.8 Å². The number of nitrogens with one attached hydrogen (secondary N) is 3. The third-order valence-corrected chi connectivity index (χ3v) is 4.70. The van der Waals surface area contributed by atoms with Gasteiger partial charge in [0.1, 0.15) is 0 Å². The van der Waals surface area contributed by atoms with Gasteiger partial charge in [0.25, 0.3) is 0 Å². The summed E-state index contributed by atoms with van der Waals surface area (Å²) in [5, 5.41) is 14.0. The molecule has 100 valence electrons. The second-order valence-electron chi connectivity index (χ2n) is 5.61. The van der Waals surface area contributed by atoms with Crippen molar-refractivity contribution < 1.29 is 0 Å². The third kappa shape index (κ3) is 1.80. The lowest BCUT2D eigenvalue weighted by Crippen LogP contribution is -2.19. The molecule has 2 atom stereocenters. The van der Waals surface area contributed by atoms with Crippen LogP contribution in [0.2, 0.25) is 0 Å². The van der Waals surface area contributed by atoms with Crippen LogP contribution in [0.25, 0.3) is 5.57 Å². The Balaban J connectivity index is 2.00. The first-order valence-corrected chi connectivity index (χ1v) is 6.94. The molecule has 0 saturated heterocycles. The number of hydrogen-bond donors (Lipinski definition) is 3. The van der Waals surface area contributed by atoms with Gasteiger partial charge in [-0.1, -0.05) is 18.2 Å². The molecule has 19 heavy (non-hydrogen) atoms. The summed E-state index contributed by atoms with van der Waals surface area (Å²) in [5.41, 5.74) is 5.47. The maximum atomic E-state index is 7.54. The van der Waals surface area contributed by atoms with E-state index < -0.39 is 0 Å². The summed E-state index contributed by atoms with van der Waals surface area (Å²) in [6.45, 7) is 0. The summed E-state index contributed by atoms with van der Waals surface area (Å²) in [6.07, 6.45) is 7.03. The average molecular weight is 255 g/mol. The second kappa shape index (κ2) is 4.49. The molecular weight excluding hydrogens is 234 g/mol. The summed E-state index contributed by atoms with van der Waals surface area (Å²) >= 11 is 0. The molecule has 2 unspecified atom stereocenters. The predicted octanol–water partition coefficient (Wildman–Crippen LogP) is 2.07. The van der Waals surface area contributed by atoms with Gasteiger partial charge in [-0.25, -0.2) is 0 Å². The van der Waals surface area contributed by atoms with Crippen molar-refractivity contribution in [2.75, 3.05) is 14.1 Å². The van der Waals surface area contributed by atoms with Gasteiger partial charge in [0.15, 0.2) is 0 Å². The summed E-state index contributed by atoms with van der Waals surface area (Å²) in [7, 11) is 3.93. The van der Waals surface area contributed by atoms with E-state index >= 15 is 0 Å². The topological polar surface area (TPSA) is 47.9 Å². The number of benzene rings is 1. The van der Waals surface area contributed by atoms with Crippen molar-refractivity contribution in [2.45, 2.75) is 30.7 Å². The quantitative estimate of drug-likeness (QED) is 0.721. The van der Waals surface area contributed by atoms with E-state index in [2.05, 4.69) is 35.9 Å². The van der Waals surface area contributed by atoms with Crippen molar-refractivity contribution in [3.05, 3.63) is 41.1 Å². The van der Waals surface area contributed by atoms with Gasteiger partial charge in [-0.2, -0.15) is 0 Å². The fourth-order valence-corrected chi connectivity index (χ4v) is 3.55. The molecule has 0 heterocycles. The lowest BCUT2D eigenvalue weighted by molar-refractivity contribution is 0.608. The fourth-order valence-electron chi connectivity index (χ4n) is 3.55. The van der Waals surface area contributed by atoms with E-state index in [1.165, 1.54) is 36.6 Å². The highest BCUT2D eigenvalue weighted by molar-refractivity contribution is 6.08. The van der Waals surface area contributed by atoms with Gasteiger partial charge in [-0.05, 0) is 43.0 Å². The Bertz CT molecular complexity index is 547. The minimum atomic E-state index is 0.382. The zero-order valence-electron chi connectivity index (χ0n) is 11.6. The first kappa shape index (κ1) is 12.4. The van der Waals surface area contributed by atoms with Crippen LogP contribution in [0.3, 0.4) is 0 Å². The number of rotatable bonds is 4. The van der Waals surface area contributed by atoms with E-state index in [0.717, 1.165) is 11.1 Å². The SMILES string of the molecule is CN/C=C(\C=N)c1ccc2c(c1)C1(CC2)CC1NC. The number of aryl methyl sites for hydroxylation is 1. The average Bonchev–Trinajstić information content (AvgIpc) is 3.05. The first-order chi connectivity index (χ1) is 9.25. The van der Waals surface area contributed by atoms with Crippen molar-refractivity contribution in [3.63, 3.8) is 0 Å². The number of fused-ring (bicyclic) bond motifs is 2. The van der Waals surface area contributed by atoms with Crippen molar-refractivity contribution in [1.29, 1.82) is 5.41 Å². The fraction of sp³-hybridized carbons (Fsp3) is 0.438. The van der Waals surface area contributed by atoms with Crippen LogP contribution < -0.4 is 10.6 Å². The summed E-state index contributed by atoms with van der Waals surface area (Å²) in [4.78, 5) is 0. The van der Waals surface area contributed by atoms with Crippen molar-refractivity contribution in [1.82, 2.24) is 10.6 Å². The number of likely N-dealkylation sites (N-methyl/N-ethyl adjacent to an activating group) is 1. The molecule has 0 aliphatic heterocycles. The normalized spacial score (nSPS) is 28.3. The van der Waals surface area contributed by atoms with E-state index in [-0.39, 0.29) is 0 Å². The van der Waals surface area contributed by atoms with Gasteiger partial charge in [0.2, 0.25) is 0 Å². The molecule has 2 aliphatic carbocycles.